The summed E-state index contributed by atoms with van der Waals surface area (Å²) in [4.78, 5) is 21.6. The SMILES string of the molecule is [CH2]CCCC(=O)Oc1ccc(C=O)cc1. The van der Waals surface area contributed by atoms with E-state index in [4.69, 9.17) is 4.74 Å². The second-order valence-electron chi connectivity index (χ2n) is 3.12. The van der Waals surface area contributed by atoms with Crippen LogP contribution in [0.25, 0.3) is 0 Å². The fourth-order valence-corrected chi connectivity index (χ4v) is 1.07. The lowest BCUT2D eigenvalue weighted by atomic mass is 10.2. The quantitative estimate of drug-likeness (QED) is 0.421. The first kappa shape index (κ1) is 11.4. The van der Waals surface area contributed by atoms with E-state index in [0.29, 0.717) is 17.7 Å². The first-order valence-electron chi connectivity index (χ1n) is 4.81. The molecular weight excluding hydrogens is 192 g/mol. The molecule has 3 heteroatoms. The molecular formula is C12H13O3. The molecule has 79 valence electrons. The maximum absolute atomic E-state index is 11.2. The largest absolute Gasteiger partial charge is 0.427 e. The fraction of sp³-hybridized carbons (Fsp3) is 0.250. The van der Waals surface area contributed by atoms with Gasteiger partial charge in [0.1, 0.15) is 12.0 Å². The van der Waals surface area contributed by atoms with Crippen molar-refractivity contribution in [1.82, 2.24) is 0 Å². The molecule has 1 radical (unpaired) electrons. The van der Waals surface area contributed by atoms with Crippen LogP contribution in [0.15, 0.2) is 24.3 Å². The topological polar surface area (TPSA) is 43.4 Å². The molecule has 1 aromatic carbocycles. The van der Waals surface area contributed by atoms with Crippen molar-refractivity contribution >= 4 is 12.3 Å². The molecule has 0 spiro atoms. The van der Waals surface area contributed by atoms with Crippen LogP contribution in [0.2, 0.25) is 0 Å². The van der Waals surface area contributed by atoms with Crippen LogP contribution >= 0.6 is 0 Å². The number of hydrogen-bond acceptors (Lipinski definition) is 3. The molecule has 0 saturated carbocycles. The predicted octanol–water partition coefficient (Wildman–Crippen LogP) is 2.41. The van der Waals surface area contributed by atoms with E-state index in [1.54, 1.807) is 24.3 Å². The van der Waals surface area contributed by atoms with Crippen molar-refractivity contribution in [3.8, 4) is 5.75 Å². The van der Waals surface area contributed by atoms with Gasteiger partial charge in [0.15, 0.2) is 0 Å². The van der Waals surface area contributed by atoms with Gasteiger partial charge in [0, 0.05) is 12.0 Å². The molecule has 0 heterocycles. The van der Waals surface area contributed by atoms with Gasteiger partial charge in [0.2, 0.25) is 0 Å². The van der Waals surface area contributed by atoms with E-state index < -0.39 is 0 Å². The number of esters is 1. The predicted molar refractivity (Wildman–Crippen MR) is 56.7 cm³/mol. The van der Waals surface area contributed by atoms with Crippen LogP contribution in [0.4, 0.5) is 0 Å². The van der Waals surface area contributed by atoms with Crippen molar-refractivity contribution in [1.29, 1.82) is 0 Å². The molecule has 3 nitrogen and oxygen atoms in total. The minimum absolute atomic E-state index is 0.266. The molecule has 0 fully saturated rings. The monoisotopic (exact) mass is 205 g/mol. The van der Waals surface area contributed by atoms with Gasteiger partial charge < -0.3 is 4.74 Å². The Morgan fingerprint density at radius 1 is 1.33 bits per heavy atom. The third-order valence-electron chi connectivity index (χ3n) is 1.88. The Labute approximate surface area is 89.1 Å². The number of carbonyl (C=O) groups excluding carboxylic acids is 2. The van der Waals surface area contributed by atoms with Crippen LogP contribution in [0.1, 0.15) is 29.6 Å². The zero-order valence-electron chi connectivity index (χ0n) is 8.44. The van der Waals surface area contributed by atoms with Gasteiger partial charge in [-0.15, -0.1) is 0 Å². The van der Waals surface area contributed by atoms with Crippen molar-refractivity contribution in [3.05, 3.63) is 36.8 Å². The maximum atomic E-state index is 11.2. The lowest BCUT2D eigenvalue weighted by Crippen LogP contribution is -2.07. The molecule has 0 aliphatic rings. The Balaban J connectivity index is 2.49. The van der Waals surface area contributed by atoms with E-state index >= 15 is 0 Å². The molecule has 0 N–H and O–H groups in total. The molecule has 0 aliphatic carbocycles. The summed E-state index contributed by atoms with van der Waals surface area (Å²) >= 11 is 0. The third kappa shape index (κ3) is 3.94. The summed E-state index contributed by atoms with van der Waals surface area (Å²) in [6.07, 6.45) is 2.57. The molecule has 1 aromatic rings. The van der Waals surface area contributed by atoms with E-state index in [1.807, 2.05) is 0 Å². The van der Waals surface area contributed by atoms with Gasteiger partial charge in [0.05, 0.1) is 0 Å². The van der Waals surface area contributed by atoms with E-state index in [2.05, 4.69) is 6.92 Å². The smallest absolute Gasteiger partial charge is 0.311 e. The third-order valence-corrected chi connectivity index (χ3v) is 1.88. The first-order chi connectivity index (χ1) is 7.26. The molecule has 0 saturated heterocycles. The second kappa shape index (κ2) is 5.96. The molecule has 0 aliphatic heterocycles. The molecule has 0 atom stereocenters. The highest BCUT2D eigenvalue weighted by molar-refractivity contribution is 5.76. The Bertz CT molecular complexity index is 327. The molecule has 1 rings (SSSR count). The summed E-state index contributed by atoms with van der Waals surface area (Å²) in [7, 11) is 0. The van der Waals surface area contributed by atoms with Crippen molar-refractivity contribution in [2.24, 2.45) is 0 Å². The summed E-state index contributed by atoms with van der Waals surface area (Å²) in [5, 5.41) is 0. The van der Waals surface area contributed by atoms with Crippen LogP contribution < -0.4 is 4.74 Å². The highest BCUT2D eigenvalue weighted by Gasteiger charge is 2.03. The number of ether oxygens (including phenoxy) is 1. The van der Waals surface area contributed by atoms with Crippen LogP contribution in [-0.2, 0) is 4.79 Å². The standard InChI is InChI=1S/C12H13O3/c1-2-3-4-12(14)15-11-7-5-10(9-13)6-8-11/h5-9H,1-4H2. The molecule has 0 unspecified atom stereocenters. The summed E-state index contributed by atoms with van der Waals surface area (Å²) in [6.45, 7) is 3.64. The van der Waals surface area contributed by atoms with E-state index in [9.17, 15) is 9.59 Å². The zero-order chi connectivity index (χ0) is 11.1. The maximum Gasteiger partial charge on any atom is 0.311 e. The number of hydrogen-bond donors (Lipinski definition) is 0. The van der Waals surface area contributed by atoms with E-state index in [1.165, 1.54) is 0 Å². The van der Waals surface area contributed by atoms with Crippen molar-refractivity contribution in [3.63, 3.8) is 0 Å². The van der Waals surface area contributed by atoms with E-state index in [-0.39, 0.29) is 5.97 Å². The molecule has 0 amide bonds. The lowest BCUT2D eigenvalue weighted by Gasteiger charge is -2.03. The Kier molecular flexibility index (Phi) is 4.54. The fourth-order valence-electron chi connectivity index (χ4n) is 1.07. The Morgan fingerprint density at radius 3 is 2.53 bits per heavy atom. The average molecular weight is 205 g/mol. The second-order valence-corrected chi connectivity index (χ2v) is 3.12. The van der Waals surface area contributed by atoms with Gasteiger partial charge >= 0.3 is 5.97 Å². The van der Waals surface area contributed by atoms with Gasteiger partial charge in [0.25, 0.3) is 0 Å². The summed E-state index contributed by atoms with van der Waals surface area (Å²) in [5.74, 6) is 0.201. The number of benzene rings is 1. The van der Waals surface area contributed by atoms with Crippen LogP contribution in [-0.4, -0.2) is 12.3 Å². The summed E-state index contributed by atoms with van der Waals surface area (Å²) in [5.41, 5.74) is 0.563. The number of carbonyl (C=O) groups is 2. The van der Waals surface area contributed by atoms with Gasteiger partial charge in [-0.2, -0.15) is 0 Å². The lowest BCUT2D eigenvalue weighted by molar-refractivity contribution is -0.134. The number of unbranched alkanes of at least 4 members (excludes halogenated alkanes) is 1. The van der Waals surface area contributed by atoms with Crippen molar-refractivity contribution < 1.29 is 14.3 Å². The summed E-state index contributed by atoms with van der Waals surface area (Å²) in [6, 6.07) is 6.42. The molecule has 0 aromatic heterocycles. The van der Waals surface area contributed by atoms with E-state index in [0.717, 1.165) is 19.1 Å². The van der Waals surface area contributed by atoms with Gasteiger partial charge in [-0.25, -0.2) is 0 Å². The number of rotatable bonds is 5. The van der Waals surface area contributed by atoms with Gasteiger partial charge in [-0.3, -0.25) is 9.59 Å². The zero-order valence-corrected chi connectivity index (χ0v) is 8.44. The summed E-state index contributed by atoms with van der Waals surface area (Å²) < 4.78 is 5.03. The Morgan fingerprint density at radius 2 is 2.00 bits per heavy atom. The molecule has 0 bridgehead atoms. The average Bonchev–Trinajstić information content (AvgIpc) is 2.27. The van der Waals surface area contributed by atoms with Crippen LogP contribution in [0, 0.1) is 6.92 Å². The van der Waals surface area contributed by atoms with Crippen LogP contribution in [0.5, 0.6) is 5.75 Å². The highest BCUT2D eigenvalue weighted by atomic mass is 16.5. The molecule has 15 heavy (non-hydrogen) atoms. The normalized spacial score (nSPS) is 9.67. The van der Waals surface area contributed by atoms with Crippen molar-refractivity contribution in [2.45, 2.75) is 19.3 Å². The Hall–Kier alpha value is -1.64. The minimum Gasteiger partial charge on any atom is -0.427 e. The highest BCUT2D eigenvalue weighted by Crippen LogP contribution is 2.12. The minimum atomic E-state index is -0.266. The first-order valence-corrected chi connectivity index (χ1v) is 4.81. The van der Waals surface area contributed by atoms with Crippen LogP contribution in [0.3, 0.4) is 0 Å². The number of aldehydes is 1. The van der Waals surface area contributed by atoms with Gasteiger partial charge in [-0.1, -0.05) is 13.3 Å². The van der Waals surface area contributed by atoms with Gasteiger partial charge in [-0.05, 0) is 30.7 Å². The van der Waals surface area contributed by atoms with Crippen molar-refractivity contribution in [2.75, 3.05) is 0 Å².